The van der Waals surface area contributed by atoms with Crippen molar-refractivity contribution in [1.82, 2.24) is 0 Å². The van der Waals surface area contributed by atoms with E-state index >= 15 is 0 Å². The molecule has 0 radical (unpaired) electrons. The summed E-state index contributed by atoms with van der Waals surface area (Å²) in [6, 6.07) is 2.33. The molecule has 0 aliphatic carbocycles. The standard InChI is InChI=1S/C10H11F3O3S/c1-3-7-8(14)5-4-6(2)9(7)17(15,16)10(11,12)13/h4-5,14H,3H2,1-2H3. The van der Waals surface area contributed by atoms with Crippen molar-refractivity contribution in [2.24, 2.45) is 0 Å². The van der Waals surface area contributed by atoms with E-state index in [0.717, 1.165) is 6.07 Å². The van der Waals surface area contributed by atoms with Crippen molar-refractivity contribution in [2.45, 2.75) is 30.7 Å². The second-order valence-corrected chi connectivity index (χ2v) is 5.39. The lowest BCUT2D eigenvalue weighted by atomic mass is 10.1. The summed E-state index contributed by atoms with van der Waals surface area (Å²) < 4.78 is 60.2. The Morgan fingerprint density at radius 3 is 2.24 bits per heavy atom. The van der Waals surface area contributed by atoms with Gasteiger partial charge in [-0.3, -0.25) is 0 Å². The van der Waals surface area contributed by atoms with Gasteiger partial charge in [-0.15, -0.1) is 0 Å². The Bertz CT molecular complexity index is 532. The number of halogens is 3. The SMILES string of the molecule is CCc1c(O)ccc(C)c1S(=O)(=O)C(F)(F)F. The van der Waals surface area contributed by atoms with E-state index in [2.05, 4.69) is 0 Å². The van der Waals surface area contributed by atoms with Crippen molar-refractivity contribution in [1.29, 1.82) is 0 Å². The lowest BCUT2D eigenvalue weighted by Gasteiger charge is -2.15. The molecule has 96 valence electrons. The number of alkyl halides is 3. The summed E-state index contributed by atoms with van der Waals surface area (Å²) in [5.74, 6) is -0.444. The minimum absolute atomic E-state index is 0.00183. The fraction of sp³-hybridized carbons (Fsp3) is 0.400. The Balaban J connectivity index is 3.68. The van der Waals surface area contributed by atoms with Gasteiger partial charge in [0.15, 0.2) is 0 Å². The van der Waals surface area contributed by atoms with Crippen LogP contribution in [-0.2, 0) is 16.3 Å². The molecule has 0 aliphatic heterocycles. The van der Waals surface area contributed by atoms with Crippen LogP contribution in [0.1, 0.15) is 18.1 Å². The molecule has 0 atom stereocenters. The number of rotatable bonds is 2. The Morgan fingerprint density at radius 1 is 1.29 bits per heavy atom. The van der Waals surface area contributed by atoms with E-state index in [9.17, 15) is 26.7 Å². The lowest BCUT2D eigenvalue weighted by molar-refractivity contribution is -0.0436. The van der Waals surface area contributed by atoms with Crippen LogP contribution in [0.25, 0.3) is 0 Å². The zero-order valence-electron chi connectivity index (χ0n) is 9.17. The molecule has 0 fully saturated rings. The van der Waals surface area contributed by atoms with Gasteiger partial charge in [-0.25, -0.2) is 8.42 Å². The third-order valence-corrected chi connectivity index (χ3v) is 4.07. The van der Waals surface area contributed by atoms with Crippen LogP contribution in [0.4, 0.5) is 13.2 Å². The summed E-state index contributed by atoms with van der Waals surface area (Å²) in [7, 11) is -5.43. The summed E-state index contributed by atoms with van der Waals surface area (Å²) in [5.41, 5.74) is -5.60. The van der Waals surface area contributed by atoms with Crippen LogP contribution in [0.5, 0.6) is 5.75 Å². The number of sulfone groups is 1. The van der Waals surface area contributed by atoms with Crippen molar-refractivity contribution in [3.63, 3.8) is 0 Å². The molecule has 17 heavy (non-hydrogen) atoms. The molecule has 1 aromatic rings. The van der Waals surface area contributed by atoms with Crippen LogP contribution >= 0.6 is 0 Å². The van der Waals surface area contributed by atoms with Gasteiger partial charge < -0.3 is 5.11 Å². The summed E-state index contributed by atoms with van der Waals surface area (Å²) >= 11 is 0. The Morgan fingerprint density at radius 2 is 1.82 bits per heavy atom. The zero-order chi connectivity index (χ0) is 13.4. The summed E-state index contributed by atoms with van der Waals surface area (Å²) in [6.07, 6.45) is -0.00183. The molecule has 0 amide bonds. The molecule has 0 bridgehead atoms. The summed E-state index contributed by atoms with van der Waals surface area (Å²) in [4.78, 5) is -0.840. The first-order valence-corrected chi connectivity index (χ1v) is 6.24. The van der Waals surface area contributed by atoms with Crippen LogP contribution in [-0.4, -0.2) is 19.0 Å². The highest BCUT2D eigenvalue weighted by molar-refractivity contribution is 7.92. The van der Waals surface area contributed by atoms with Crippen LogP contribution in [0.2, 0.25) is 0 Å². The van der Waals surface area contributed by atoms with Gasteiger partial charge in [-0.05, 0) is 25.0 Å². The molecule has 1 aromatic carbocycles. The van der Waals surface area contributed by atoms with Crippen LogP contribution < -0.4 is 0 Å². The second-order valence-electron chi connectivity index (χ2n) is 3.51. The number of phenols is 1. The van der Waals surface area contributed by atoms with E-state index in [-0.39, 0.29) is 17.5 Å². The molecule has 0 heterocycles. The van der Waals surface area contributed by atoms with Crippen molar-refractivity contribution in [3.05, 3.63) is 23.3 Å². The first kappa shape index (κ1) is 13.8. The molecule has 0 unspecified atom stereocenters. The number of aryl methyl sites for hydroxylation is 1. The predicted molar refractivity (Wildman–Crippen MR) is 55.5 cm³/mol. The Labute approximate surface area is 96.8 Å². The van der Waals surface area contributed by atoms with Gasteiger partial charge in [0.05, 0.1) is 4.90 Å². The van der Waals surface area contributed by atoms with Crippen molar-refractivity contribution < 1.29 is 26.7 Å². The monoisotopic (exact) mass is 268 g/mol. The maximum atomic E-state index is 12.5. The van der Waals surface area contributed by atoms with Gasteiger partial charge in [0.2, 0.25) is 0 Å². The average Bonchev–Trinajstić information content (AvgIpc) is 2.18. The summed E-state index contributed by atoms with van der Waals surface area (Å²) in [6.45, 7) is 2.74. The van der Waals surface area contributed by atoms with Gasteiger partial charge >= 0.3 is 5.51 Å². The van der Waals surface area contributed by atoms with Crippen LogP contribution in [0, 0.1) is 6.92 Å². The van der Waals surface area contributed by atoms with E-state index in [0.29, 0.717) is 0 Å². The molecular weight excluding hydrogens is 257 g/mol. The maximum absolute atomic E-state index is 12.5. The highest BCUT2D eigenvalue weighted by Crippen LogP contribution is 2.37. The highest BCUT2D eigenvalue weighted by atomic mass is 32.2. The van der Waals surface area contributed by atoms with E-state index in [1.807, 2.05) is 0 Å². The number of hydrogen-bond donors (Lipinski definition) is 1. The number of benzene rings is 1. The first-order valence-electron chi connectivity index (χ1n) is 4.75. The fourth-order valence-electron chi connectivity index (χ4n) is 1.57. The van der Waals surface area contributed by atoms with Crippen LogP contribution in [0.3, 0.4) is 0 Å². The van der Waals surface area contributed by atoms with Crippen molar-refractivity contribution in [3.8, 4) is 5.75 Å². The number of hydrogen-bond acceptors (Lipinski definition) is 3. The van der Waals surface area contributed by atoms with E-state index in [4.69, 9.17) is 0 Å². The van der Waals surface area contributed by atoms with E-state index < -0.39 is 26.0 Å². The van der Waals surface area contributed by atoms with E-state index in [1.54, 1.807) is 0 Å². The van der Waals surface area contributed by atoms with Crippen molar-refractivity contribution in [2.75, 3.05) is 0 Å². The van der Waals surface area contributed by atoms with Gasteiger partial charge in [-0.2, -0.15) is 13.2 Å². The normalized spacial score (nSPS) is 12.8. The minimum Gasteiger partial charge on any atom is -0.508 e. The second kappa shape index (κ2) is 4.21. The molecular formula is C10H11F3O3S. The largest absolute Gasteiger partial charge is 0.508 e. The lowest BCUT2D eigenvalue weighted by Crippen LogP contribution is -2.25. The Kier molecular flexibility index (Phi) is 3.42. The Hall–Kier alpha value is -1.24. The zero-order valence-corrected chi connectivity index (χ0v) is 9.98. The molecule has 7 heteroatoms. The topological polar surface area (TPSA) is 54.4 Å². The van der Waals surface area contributed by atoms with Gasteiger partial charge in [-0.1, -0.05) is 13.0 Å². The molecule has 0 saturated carbocycles. The number of phenolic OH excluding ortho intramolecular Hbond substituents is 1. The molecule has 1 rings (SSSR count). The average molecular weight is 268 g/mol. The van der Waals surface area contributed by atoms with E-state index in [1.165, 1.54) is 19.9 Å². The minimum atomic E-state index is -5.43. The fourth-order valence-corrected chi connectivity index (χ4v) is 2.86. The van der Waals surface area contributed by atoms with Gasteiger partial charge in [0.25, 0.3) is 9.84 Å². The molecule has 0 spiro atoms. The predicted octanol–water partition coefficient (Wildman–Crippen LogP) is 2.56. The van der Waals surface area contributed by atoms with Crippen LogP contribution in [0.15, 0.2) is 17.0 Å². The molecule has 0 saturated heterocycles. The molecule has 0 aromatic heterocycles. The van der Waals surface area contributed by atoms with Gasteiger partial charge in [0.1, 0.15) is 5.75 Å². The molecule has 1 N–H and O–H groups in total. The third-order valence-electron chi connectivity index (χ3n) is 2.36. The highest BCUT2D eigenvalue weighted by Gasteiger charge is 2.48. The number of aromatic hydroxyl groups is 1. The quantitative estimate of drug-likeness (QED) is 0.896. The van der Waals surface area contributed by atoms with Crippen molar-refractivity contribution >= 4 is 9.84 Å². The molecule has 0 aliphatic rings. The summed E-state index contributed by atoms with van der Waals surface area (Å²) in [5, 5.41) is 9.41. The molecule has 3 nitrogen and oxygen atoms in total. The maximum Gasteiger partial charge on any atom is 0.501 e. The van der Waals surface area contributed by atoms with Gasteiger partial charge in [0, 0.05) is 5.56 Å². The smallest absolute Gasteiger partial charge is 0.501 e. The third kappa shape index (κ3) is 2.24. The first-order chi connectivity index (χ1) is 7.63.